The van der Waals surface area contributed by atoms with Gasteiger partial charge in [-0.3, -0.25) is 10.1 Å². The topological polar surface area (TPSA) is 116 Å². The molecular formula is C11H13ClN4O5. The highest BCUT2D eigenvalue weighted by molar-refractivity contribution is 6.28. The number of nitrogens with zero attached hydrogens (tertiary/aromatic N) is 3. The summed E-state index contributed by atoms with van der Waals surface area (Å²) in [4.78, 5) is 29.5. The van der Waals surface area contributed by atoms with E-state index in [0.717, 1.165) is 7.11 Å². The molecule has 114 valence electrons. The molecule has 0 bridgehead atoms. The molecular weight excluding hydrogens is 304 g/mol. The molecule has 0 radical (unpaired) electrons. The Hall–Kier alpha value is -2.00. The molecule has 21 heavy (non-hydrogen) atoms. The summed E-state index contributed by atoms with van der Waals surface area (Å²) in [5.74, 6) is -1.03. The molecule has 1 fully saturated rings. The van der Waals surface area contributed by atoms with Crippen LogP contribution in [0.3, 0.4) is 0 Å². The standard InChI is InChI=1S/C11H13ClN4O5/c1-20-10(17)7-8(16(18)19)9(15-11(12)14-7)13-6-2-4-21-5-3-6/h6H,2-5H2,1H3,(H,13,14,15). The average molecular weight is 317 g/mol. The minimum Gasteiger partial charge on any atom is -0.464 e. The Balaban J connectivity index is 2.40. The lowest BCUT2D eigenvalue weighted by molar-refractivity contribution is -0.384. The van der Waals surface area contributed by atoms with Gasteiger partial charge >= 0.3 is 11.7 Å². The molecule has 0 amide bonds. The maximum absolute atomic E-state index is 11.6. The molecule has 10 heteroatoms. The van der Waals surface area contributed by atoms with Crippen LogP contribution in [0.15, 0.2) is 0 Å². The Morgan fingerprint density at radius 3 is 2.71 bits per heavy atom. The van der Waals surface area contributed by atoms with Crippen LogP contribution >= 0.6 is 11.6 Å². The van der Waals surface area contributed by atoms with Crippen molar-refractivity contribution in [2.75, 3.05) is 25.6 Å². The van der Waals surface area contributed by atoms with E-state index < -0.39 is 22.3 Å². The molecule has 0 unspecified atom stereocenters. The zero-order valence-corrected chi connectivity index (χ0v) is 11.9. The summed E-state index contributed by atoms with van der Waals surface area (Å²) in [7, 11) is 1.10. The van der Waals surface area contributed by atoms with E-state index >= 15 is 0 Å². The Morgan fingerprint density at radius 2 is 2.14 bits per heavy atom. The molecule has 0 aromatic carbocycles. The number of ether oxygens (including phenoxy) is 2. The van der Waals surface area contributed by atoms with E-state index in [4.69, 9.17) is 16.3 Å². The molecule has 0 spiro atoms. The van der Waals surface area contributed by atoms with Crippen molar-refractivity contribution in [2.45, 2.75) is 18.9 Å². The van der Waals surface area contributed by atoms with Crippen LogP contribution in [-0.4, -0.2) is 47.2 Å². The maximum Gasteiger partial charge on any atom is 0.364 e. The minimum absolute atomic E-state index is 0.0473. The van der Waals surface area contributed by atoms with E-state index in [1.807, 2.05) is 0 Å². The predicted octanol–water partition coefficient (Wildman–Crippen LogP) is 1.42. The van der Waals surface area contributed by atoms with Gasteiger partial charge in [0.05, 0.1) is 12.0 Å². The molecule has 0 saturated carbocycles. The van der Waals surface area contributed by atoms with Crippen LogP contribution in [-0.2, 0) is 9.47 Å². The smallest absolute Gasteiger partial charge is 0.364 e. The summed E-state index contributed by atoms with van der Waals surface area (Å²) < 4.78 is 9.70. The molecule has 1 aromatic heterocycles. The Morgan fingerprint density at radius 1 is 1.48 bits per heavy atom. The lowest BCUT2D eigenvalue weighted by Gasteiger charge is -2.23. The van der Waals surface area contributed by atoms with Gasteiger partial charge in [0.1, 0.15) is 0 Å². The first kappa shape index (κ1) is 15.4. The number of esters is 1. The van der Waals surface area contributed by atoms with E-state index in [1.54, 1.807) is 0 Å². The van der Waals surface area contributed by atoms with Crippen molar-refractivity contribution >= 4 is 29.1 Å². The first-order valence-electron chi connectivity index (χ1n) is 6.17. The molecule has 0 aliphatic carbocycles. The number of carbonyl (C=O) groups excluding carboxylic acids is 1. The van der Waals surface area contributed by atoms with E-state index in [2.05, 4.69) is 20.0 Å². The fourth-order valence-corrected chi connectivity index (χ4v) is 2.14. The predicted molar refractivity (Wildman–Crippen MR) is 72.5 cm³/mol. The molecule has 0 atom stereocenters. The molecule has 2 heterocycles. The van der Waals surface area contributed by atoms with Crippen molar-refractivity contribution in [3.8, 4) is 0 Å². The van der Waals surface area contributed by atoms with Crippen molar-refractivity contribution < 1.29 is 19.2 Å². The van der Waals surface area contributed by atoms with Crippen LogP contribution in [0.1, 0.15) is 23.3 Å². The molecule has 1 aromatic rings. The molecule has 1 saturated heterocycles. The van der Waals surface area contributed by atoms with E-state index in [1.165, 1.54) is 0 Å². The largest absolute Gasteiger partial charge is 0.464 e. The molecule has 1 aliphatic heterocycles. The molecule has 1 N–H and O–H groups in total. The van der Waals surface area contributed by atoms with Crippen molar-refractivity contribution in [3.05, 3.63) is 21.1 Å². The second kappa shape index (κ2) is 6.64. The van der Waals surface area contributed by atoms with Gasteiger partial charge in [-0.2, -0.15) is 4.98 Å². The van der Waals surface area contributed by atoms with Crippen LogP contribution < -0.4 is 5.32 Å². The van der Waals surface area contributed by atoms with Gasteiger partial charge < -0.3 is 14.8 Å². The third kappa shape index (κ3) is 3.56. The zero-order valence-electron chi connectivity index (χ0n) is 11.2. The minimum atomic E-state index is -0.943. The van der Waals surface area contributed by atoms with Gasteiger partial charge in [-0.15, -0.1) is 0 Å². The summed E-state index contributed by atoms with van der Waals surface area (Å²) >= 11 is 5.73. The lowest BCUT2D eigenvalue weighted by atomic mass is 10.1. The summed E-state index contributed by atoms with van der Waals surface area (Å²) in [5, 5.41) is 13.9. The molecule has 2 rings (SSSR count). The third-order valence-corrected chi connectivity index (χ3v) is 3.15. The number of aromatic nitrogens is 2. The zero-order chi connectivity index (χ0) is 15.4. The van der Waals surface area contributed by atoms with Gasteiger partial charge in [-0.1, -0.05) is 0 Å². The van der Waals surface area contributed by atoms with Gasteiger partial charge in [0.25, 0.3) is 0 Å². The summed E-state index contributed by atoms with van der Waals surface area (Å²) in [6.07, 6.45) is 1.35. The highest BCUT2D eigenvalue weighted by Gasteiger charge is 2.31. The Labute approximate surface area is 124 Å². The van der Waals surface area contributed by atoms with Crippen LogP contribution in [0.25, 0.3) is 0 Å². The van der Waals surface area contributed by atoms with Gasteiger partial charge in [-0.05, 0) is 24.4 Å². The first-order chi connectivity index (χ1) is 10.0. The van der Waals surface area contributed by atoms with Crippen molar-refractivity contribution in [1.82, 2.24) is 9.97 Å². The summed E-state index contributed by atoms with van der Waals surface area (Å²) in [6, 6.07) is -0.0473. The number of methoxy groups -OCH3 is 1. The quantitative estimate of drug-likeness (QED) is 0.383. The summed E-state index contributed by atoms with van der Waals surface area (Å²) in [6.45, 7) is 1.10. The Kier molecular flexibility index (Phi) is 4.86. The lowest BCUT2D eigenvalue weighted by Crippen LogP contribution is -2.29. The fraction of sp³-hybridized carbons (Fsp3) is 0.545. The second-order valence-electron chi connectivity index (χ2n) is 4.32. The van der Waals surface area contributed by atoms with Crippen molar-refractivity contribution in [2.24, 2.45) is 0 Å². The van der Waals surface area contributed by atoms with Crippen molar-refractivity contribution in [3.63, 3.8) is 0 Å². The van der Waals surface area contributed by atoms with Crippen LogP contribution in [0.2, 0.25) is 5.28 Å². The number of rotatable bonds is 4. The number of hydrogen-bond acceptors (Lipinski definition) is 8. The third-order valence-electron chi connectivity index (χ3n) is 2.98. The first-order valence-corrected chi connectivity index (χ1v) is 6.55. The van der Waals surface area contributed by atoms with Gasteiger partial charge in [0, 0.05) is 19.3 Å². The second-order valence-corrected chi connectivity index (χ2v) is 4.66. The average Bonchev–Trinajstić information content (AvgIpc) is 2.46. The highest BCUT2D eigenvalue weighted by atomic mass is 35.5. The number of hydrogen-bond donors (Lipinski definition) is 1. The normalized spacial score (nSPS) is 15.5. The van der Waals surface area contributed by atoms with Crippen LogP contribution in [0.5, 0.6) is 0 Å². The Bertz CT molecular complexity index is 562. The van der Waals surface area contributed by atoms with Gasteiger partial charge in [0.15, 0.2) is 0 Å². The monoisotopic (exact) mass is 316 g/mol. The summed E-state index contributed by atoms with van der Waals surface area (Å²) in [5.41, 5.74) is -1.02. The maximum atomic E-state index is 11.6. The number of carbonyl (C=O) groups is 1. The molecule has 9 nitrogen and oxygen atoms in total. The fourth-order valence-electron chi connectivity index (χ4n) is 1.98. The van der Waals surface area contributed by atoms with E-state index in [9.17, 15) is 14.9 Å². The SMILES string of the molecule is COC(=O)c1nc(Cl)nc(NC2CCOCC2)c1[N+](=O)[O-]. The van der Waals surface area contributed by atoms with Crippen LogP contribution in [0, 0.1) is 10.1 Å². The highest BCUT2D eigenvalue weighted by Crippen LogP contribution is 2.29. The van der Waals surface area contributed by atoms with Gasteiger partial charge in [0.2, 0.25) is 16.8 Å². The number of nitrogens with one attached hydrogen (secondary N) is 1. The van der Waals surface area contributed by atoms with E-state index in [-0.39, 0.29) is 17.1 Å². The van der Waals surface area contributed by atoms with Crippen molar-refractivity contribution in [1.29, 1.82) is 0 Å². The molecule has 1 aliphatic rings. The number of anilines is 1. The number of halogens is 1. The van der Waals surface area contributed by atoms with Gasteiger partial charge in [-0.25, -0.2) is 9.78 Å². The van der Waals surface area contributed by atoms with Crippen LogP contribution in [0.4, 0.5) is 11.5 Å². The van der Waals surface area contributed by atoms with E-state index in [0.29, 0.717) is 26.1 Å². The number of nitro groups is 1.